The maximum atomic E-state index is 12.5. The maximum Gasteiger partial charge on any atom is 0.411 e. The third-order valence-electron chi connectivity index (χ3n) is 4.68. The number of esters is 2. The average molecular weight is 393 g/mol. The van der Waals surface area contributed by atoms with Gasteiger partial charge >= 0.3 is 18.0 Å². The molecule has 1 aromatic carbocycles. The summed E-state index contributed by atoms with van der Waals surface area (Å²) in [5.74, 6) is -0.854. The van der Waals surface area contributed by atoms with Crippen molar-refractivity contribution in [3.63, 3.8) is 0 Å². The van der Waals surface area contributed by atoms with E-state index in [1.54, 1.807) is 0 Å². The highest BCUT2D eigenvalue weighted by Crippen LogP contribution is 2.34. The summed E-state index contributed by atoms with van der Waals surface area (Å²) in [7, 11) is 2.72. The Morgan fingerprint density at radius 2 is 1.75 bits per heavy atom. The number of methoxy groups -OCH3 is 2. The number of amides is 1. The van der Waals surface area contributed by atoms with Crippen molar-refractivity contribution in [2.75, 3.05) is 14.2 Å². The van der Waals surface area contributed by atoms with Gasteiger partial charge in [-0.25, -0.2) is 4.79 Å². The summed E-state index contributed by atoms with van der Waals surface area (Å²) < 4.78 is 21.3. The second-order valence-corrected chi connectivity index (χ2v) is 6.63. The van der Waals surface area contributed by atoms with E-state index in [0.717, 1.165) is 5.56 Å². The highest BCUT2D eigenvalue weighted by atomic mass is 16.6. The van der Waals surface area contributed by atoms with Crippen LogP contribution in [0, 0.1) is 0 Å². The SMILES string of the molecule is COC(=O)N1C(OC)[C@H](OC(C)=O)CC[C@@H]1C[C@@H](OC(C)=O)c1ccccc1. The van der Waals surface area contributed by atoms with Crippen LogP contribution in [-0.2, 0) is 28.5 Å². The number of carbonyl (C=O) groups excluding carboxylic acids is 3. The highest BCUT2D eigenvalue weighted by molar-refractivity contribution is 5.69. The van der Waals surface area contributed by atoms with E-state index in [-0.39, 0.29) is 6.04 Å². The molecule has 1 aromatic rings. The van der Waals surface area contributed by atoms with Gasteiger partial charge < -0.3 is 18.9 Å². The van der Waals surface area contributed by atoms with Gasteiger partial charge in [0.25, 0.3) is 0 Å². The van der Waals surface area contributed by atoms with Crippen molar-refractivity contribution in [2.45, 2.75) is 57.6 Å². The van der Waals surface area contributed by atoms with Crippen LogP contribution in [-0.4, -0.2) is 55.5 Å². The van der Waals surface area contributed by atoms with Crippen LogP contribution in [0.4, 0.5) is 4.79 Å². The standard InChI is InChI=1S/C20H27NO7/c1-13(22)27-17-11-10-16(21(19(17)25-3)20(24)26-4)12-18(28-14(2)23)15-8-6-5-7-9-15/h5-9,16-19H,10-12H2,1-4H3/t16-,17-,18-,19?/m1/s1. The molecule has 2 rings (SSSR count). The number of hydrogen-bond acceptors (Lipinski definition) is 7. The van der Waals surface area contributed by atoms with Crippen LogP contribution in [0.15, 0.2) is 30.3 Å². The van der Waals surface area contributed by atoms with Crippen LogP contribution in [0.2, 0.25) is 0 Å². The van der Waals surface area contributed by atoms with Gasteiger partial charge in [0.2, 0.25) is 0 Å². The smallest absolute Gasteiger partial charge is 0.411 e. The Morgan fingerprint density at radius 3 is 2.29 bits per heavy atom. The summed E-state index contributed by atoms with van der Waals surface area (Å²) in [4.78, 5) is 37.0. The molecule has 0 spiro atoms. The lowest BCUT2D eigenvalue weighted by Crippen LogP contribution is -2.58. The third kappa shape index (κ3) is 5.45. The van der Waals surface area contributed by atoms with E-state index in [1.165, 1.54) is 33.0 Å². The lowest BCUT2D eigenvalue weighted by atomic mass is 9.92. The van der Waals surface area contributed by atoms with Crippen LogP contribution >= 0.6 is 0 Å². The van der Waals surface area contributed by atoms with E-state index >= 15 is 0 Å². The number of nitrogens with zero attached hydrogens (tertiary/aromatic N) is 1. The van der Waals surface area contributed by atoms with Crippen molar-refractivity contribution in [2.24, 2.45) is 0 Å². The molecular weight excluding hydrogens is 366 g/mol. The van der Waals surface area contributed by atoms with E-state index < -0.39 is 36.5 Å². The first-order valence-electron chi connectivity index (χ1n) is 9.15. The molecule has 28 heavy (non-hydrogen) atoms. The molecule has 1 aliphatic heterocycles. The molecular formula is C20H27NO7. The number of piperidine rings is 1. The summed E-state index contributed by atoms with van der Waals surface area (Å²) in [5, 5.41) is 0. The first-order chi connectivity index (χ1) is 13.4. The normalized spacial score (nSPS) is 22.9. The molecule has 8 nitrogen and oxygen atoms in total. The van der Waals surface area contributed by atoms with Gasteiger partial charge in [0.15, 0.2) is 6.23 Å². The number of hydrogen-bond donors (Lipinski definition) is 0. The Morgan fingerprint density at radius 1 is 1.07 bits per heavy atom. The molecule has 0 bridgehead atoms. The van der Waals surface area contributed by atoms with Gasteiger partial charge in [0, 0.05) is 33.4 Å². The lowest BCUT2D eigenvalue weighted by Gasteiger charge is -2.44. The van der Waals surface area contributed by atoms with Gasteiger partial charge in [-0.2, -0.15) is 0 Å². The highest BCUT2D eigenvalue weighted by Gasteiger charge is 2.43. The maximum absolute atomic E-state index is 12.5. The summed E-state index contributed by atoms with van der Waals surface area (Å²) in [6, 6.07) is 9.01. The van der Waals surface area contributed by atoms with Crippen molar-refractivity contribution in [1.29, 1.82) is 0 Å². The number of likely N-dealkylation sites (tertiary alicyclic amines) is 1. The summed E-state index contributed by atoms with van der Waals surface area (Å²) in [5.41, 5.74) is 0.832. The first-order valence-corrected chi connectivity index (χ1v) is 9.15. The number of benzene rings is 1. The van der Waals surface area contributed by atoms with Crippen molar-refractivity contribution in [3.05, 3.63) is 35.9 Å². The molecule has 0 saturated carbocycles. The second kappa shape index (κ2) is 10.1. The molecule has 0 radical (unpaired) electrons. The molecule has 154 valence electrons. The summed E-state index contributed by atoms with van der Waals surface area (Å²) >= 11 is 0. The zero-order valence-electron chi connectivity index (χ0n) is 16.6. The zero-order valence-corrected chi connectivity index (χ0v) is 16.6. The Hall–Kier alpha value is -2.61. The lowest BCUT2D eigenvalue weighted by molar-refractivity contribution is -0.179. The number of rotatable bonds is 6. The second-order valence-electron chi connectivity index (χ2n) is 6.63. The van der Waals surface area contributed by atoms with Crippen molar-refractivity contribution in [3.8, 4) is 0 Å². The predicted molar refractivity (Wildman–Crippen MR) is 99.2 cm³/mol. The number of carbonyl (C=O) groups is 3. The van der Waals surface area contributed by atoms with Gasteiger partial charge in [-0.05, 0) is 18.4 Å². The van der Waals surface area contributed by atoms with E-state index in [2.05, 4.69) is 0 Å². The Labute approximate surface area is 164 Å². The topological polar surface area (TPSA) is 91.4 Å². The van der Waals surface area contributed by atoms with E-state index in [0.29, 0.717) is 19.3 Å². The van der Waals surface area contributed by atoms with E-state index in [1.807, 2.05) is 30.3 Å². The number of ether oxygens (including phenoxy) is 4. The average Bonchev–Trinajstić information content (AvgIpc) is 2.67. The van der Waals surface area contributed by atoms with Gasteiger partial charge in [-0.15, -0.1) is 0 Å². The molecule has 8 heteroatoms. The van der Waals surface area contributed by atoms with E-state index in [9.17, 15) is 14.4 Å². The molecule has 1 unspecified atom stereocenters. The van der Waals surface area contributed by atoms with Crippen LogP contribution in [0.5, 0.6) is 0 Å². The van der Waals surface area contributed by atoms with Gasteiger partial charge in [0.1, 0.15) is 12.2 Å². The van der Waals surface area contributed by atoms with Crippen molar-refractivity contribution in [1.82, 2.24) is 4.90 Å². The zero-order chi connectivity index (χ0) is 20.7. The fourth-order valence-electron chi connectivity index (χ4n) is 3.58. The summed E-state index contributed by atoms with van der Waals surface area (Å²) in [6.07, 6.45) is -1.09. The monoisotopic (exact) mass is 393 g/mol. The minimum atomic E-state index is -0.788. The third-order valence-corrected chi connectivity index (χ3v) is 4.68. The van der Waals surface area contributed by atoms with Crippen LogP contribution < -0.4 is 0 Å². The van der Waals surface area contributed by atoms with Gasteiger partial charge in [0.05, 0.1) is 7.11 Å². The fraction of sp³-hybridized carbons (Fsp3) is 0.550. The van der Waals surface area contributed by atoms with Crippen LogP contribution in [0.25, 0.3) is 0 Å². The Balaban J connectivity index is 2.28. The van der Waals surface area contributed by atoms with Gasteiger partial charge in [-0.1, -0.05) is 30.3 Å². The molecule has 0 aliphatic carbocycles. The van der Waals surface area contributed by atoms with Crippen LogP contribution in [0.3, 0.4) is 0 Å². The molecule has 1 saturated heterocycles. The van der Waals surface area contributed by atoms with Crippen LogP contribution in [0.1, 0.15) is 44.8 Å². The first kappa shape index (κ1) is 21.7. The van der Waals surface area contributed by atoms with E-state index in [4.69, 9.17) is 18.9 Å². The molecule has 4 atom stereocenters. The molecule has 0 aromatic heterocycles. The minimum Gasteiger partial charge on any atom is -0.458 e. The minimum absolute atomic E-state index is 0.325. The quantitative estimate of drug-likeness (QED) is 0.542. The van der Waals surface area contributed by atoms with Gasteiger partial charge in [-0.3, -0.25) is 14.5 Å². The Kier molecular flexibility index (Phi) is 7.80. The van der Waals surface area contributed by atoms with Crippen molar-refractivity contribution < 1.29 is 33.3 Å². The fourth-order valence-corrected chi connectivity index (χ4v) is 3.58. The molecule has 1 fully saturated rings. The predicted octanol–water partition coefficient (Wildman–Crippen LogP) is 2.82. The largest absolute Gasteiger partial charge is 0.458 e. The molecule has 1 amide bonds. The Bertz CT molecular complexity index is 678. The van der Waals surface area contributed by atoms with Crippen molar-refractivity contribution >= 4 is 18.0 Å². The molecule has 1 heterocycles. The summed E-state index contributed by atoms with van der Waals surface area (Å²) in [6.45, 7) is 2.66. The molecule has 0 N–H and O–H groups in total. The molecule has 1 aliphatic rings.